The first-order chi connectivity index (χ1) is 10.1. The van der Waals surface area contributed by atoms with Crippen LogP contribution < -0.4 is 4.74 Å². The predicted octanol–water partition coefficient (Wildman–Crippen LogP) is 4.56. The van der Waals surface area contributed by atoms with Crippen LogP contribution >= 0.6 is 11.6 Å². The first kappa shape index (κ1) is 14.7. The summed E-state index contributed by atoms with van der Waals surface area (Å²) in [6.07, 6.45) is 7.88. The van der Waals surface area contributed by atoms with Gasteiger partial charge in [-0.25, -0.2) is 0 Å². The van der Waals surface area contributed by atoms with Crippen LogP contribution in [0.2, 0.25) is 5.02 Å². The molecule has 2 aliphatic rings. The van der Waals surface area contributed by atoms with Crippen molar-refractivity contribution >= 4 is 17.6 Å². The quantitative estimate of drug-likeness (QED) is 0.887. The average molecular weight is 309 g/mol. The summed E-state index contributed by atoms with van der Waals surface area (Å²) in [7, 11) is 0. The molecule has 0 radical (unpaired) electrons. The van der Waals surface area contributed by atoms with Gasteiger partial charge in [0.25, 0.3) is 0 Å². The Kier molecular flexibility index (Phi) is 4.12. The number of carbonyl (C=O) groups is 1. The Labute approximate surface area is 130 Å². The van der Waals surface area contributed by atoms with Crippen LogP contribution in [-0.4, -0.2) is 17.2 Å². The van der Waals surface area contributed by atoms with E-state index in [0.29, 0.717) is 23.6 Å². The summed E-state index contributed by atoms with van der Waals surface area (Å²) in [4.78, 5) is 12.0. The van der Waals surface area contributed by atoms with Gasteiger partial charge in [-0.15, -0.1) is 0 Å². The highest BCUT2D eigenvalue weighted by molar-refractivity contribution is 6.30. The molecule has 4 heteroatoms. The van der Waals surface area contributed by atoms with Crippen molar-refractivity contribution in [1.82, 2.24) is 0 Å². The van der Waals surface area contributed by atoms with Gasteiger partial charge in [0, 0.05) is 10.6 Å². The number of rotatable bonds is 4. The molecule has 0 atom stereocenters. The molecule has 2 saturated carbocycles. The van der Waals surface area contributed by atoms with Gasteiger partial charge in [0.2, 0.25) is 0 Å². The SMILES string of the molecule is O=C(O)C1(c2cc(Cl)ccc2OC2CCC2)CCCCC1. The van der Waals surface area contributed by atoms with Gasteiger partial charge in [0.1, 0.15) is 5.75 Å². The number of hydrogen-bond donors (Lipinski definition) is 1. The van der Waals surface area contributed by atoms with E-state index < -0.39 is 11.4 Å². The average Bonchev–Trinajstić information content (AvgIpc) is 2.44. The van der Waals surface area contributed by atoms with Gasteiger partial charge in [-0.1, -0.05) is 30.9 Å². The summed E-state index contributed by atoms with van der Waals surface area (Å²) in [5.74, 6) is -0.0312. The van der Waals surface area contributed by atoms with Crippen LogP contribution in [0, 0.1) is 0 Å². The second-order valence-corrected chi connectivity index (χ2v) is 6.70. The molecule has 1 N–H and O–H groups in total. The highest BCUT2D eigenvalue weighted by Crippen LogP contribution is 2.45. The zero-order chi connectivity index (χ0) is 14.9. The lowest BCUT2D eigenvalue weighted by atomic mass is 9.69. The van der Waals surface area contributed by atoms with E-state index >= 15 is 0 Å². The normalized spacial score (nSPS) is 21.6. The van der Waals surface area contributed by atoms with Crippen LogP contribution in [0.15, 0.2) is 18.2 Å². The second-order valence-electron chi connectivity index (χ2n) is 6.26. The minimum absolute atomic E-state index is 0.236. The molecular formula is C17H21ClO3. The van der Waals surface area contributed by atoms with Crippen molar-refractivity contribution in [2.45, 2.75) is 62.9 Å². The van der Waals surface area contributed by atoms with Gasteiger partial charge in [-0.2, -0.15) is 0 Å². The largest absolute Gasteiger partial charge is 0.490 e. The number of carboxylic acid groups (broad SMARTS) is 1. The zero-order valence-electron chi connectivity index (χ0n) is 12.1. The molecule has 0 spiro atoms. The van der Waals surface area contributed by atoms with Crippen molar-refractivity contribution in [3.63, 3.8) is 0 Å². The van der Waals surface area contributed by atoms with E-state index in [2.05, 4.69) is 0 Å². The summed E-state index contributed by atoms with van der Waals surface area (Å²) >= 11 is 6.14. The number of hydrogen-bond acceptors (Lipinski definition) is 2. The molecule has 1 aromatic carbocycles. The highest BCUT2D eigenvalue weighted by atomic mass is 35.5. The molecular weight excluding hydrogens is 288 g/mol. The molecule has 0 aliphatic heterocycles. The highest BCUT2D eigenvalue weighted by Gasteiger charge is 2.43. The maximum Gasteiger partial charge on any atom is 0.314 e. The number of ether oxygens (including phenoxy) is 1. The van der Waals surface area contributed by atoms with Gasteiger partial charge >= 0.3 is 5.97 Å². The van der Waals surface area contributed by atoms with Crippen LogP contribution in [-0.2, 0) is 10.2 Å². The molecule has 21 heavy (non-hydrogen) atoms. The lowest BCUT2D eigenvalue weighted by Gasteiger charge is -2.36. The van der Waals surface area contributed by atoms with Crippen molar-refractivity contribution in [2.24, 2.45) is 0 Å². The number of aliphatic carboxylic acids is 1. The summed E-state index contributed by atoms with van der Waals surface area (Å²) in [5, 5.41) is 10.4. The van der Waals surface area contributed by atoms with Crippen LogP contribution in [0.3, 0.4) is 0 Å². The Morgan fingerprint density at radius 3 is 2.48 bits per heavy atom. The third kappa shape index (κ3) is 2.76. The monoisotopic (exact) mass is 308 g/mol. The fraction of sp³-hybridized carbons (Fsp3) is 0.588. The maximum atomic E-state index is 12.0. The van der Waals surface area contributed by atoms with Crippen LogP contribution in [0.4, 0.5) is 0 Å². The summed E-state index contributed by atoms with van der Waals surface area (Å²) in [6, 6.07) is 5.43. The van der Waals surface area contributed by atoms with E-state index in [4.69, 9.17) is 16.3 Å². The third-order valence-electron chi connectivity index (χ3n) is 4.92. The smallest absolute Gasteiger partial charge is 0.314 e. The van der Waals surface area contributed by atoms with Gasteiger partial charge in [0.15, 0.2) is 0 Å². The van der Waals surface area contributed by atoms with Crippen LogP contribution in [0.25, 0.3) is 0 Å². The summed E-state index contributed by atoms with van der Waals surface area (Å²) < 4.78 is 6.04. The van der Waals surface area contributed by atoms with E-state index in [-0.39, 0.29) is 6.10 Å². The Morgan fingerprint density at radius 1 is 1.19 bits per heavy atom. The van der Waals surface area contributed by atoms with Crippen LogP contribution in [0.5, 0.6) is 5.75 Å². The third-order valence-corrected chi connectivity index (χ3v) is 5.15. The lowest BCUT2D eigenvalue weighted by Crippen LogP contribution is -2.38. The molecule has 2 fully saturated rings. The minimum atomic E-state index is -0.831. The fourth-order valence-corrected chi connectivity index (χ4v) is 3.57. The predicted molar refractivity (Wildman–Crippen MR) is 82.1 cm³/mol. The number of halogens is 1. The first-order valence-corrected chi connectivity index (χ1v) is 8.20. The summed E-state index contributed by atoms with van der Waals surface area (Å²) in [6.45, 7) is 0. The fourth-order valence-electron chi connectivity index (χ4n) is 3.40. The van der Waals surface area contributed by atoms with Crippen LogP contribution in [0.1, 0.15) is 56.9 Å². The van der Waals surface area contributed by atoms with Gasteiger partial charge in [0.05, 0.1) is 11.5 Å². The van der Waals surface area contributed by atoms with E-state index in [0.717, 1.165) is 37.7 Å². The topological polar surface area (TPSA) is 46.5 Å². The number of carboxylic acids is 1. The second kappa shape index (κ2) is 5.88. The van der Waals surface area contributed by atoms with Crippen molar-refractivity contribution in [3.8, 4) is 5.75 Å². The Bertz CT molecular complexity index is 531. The van der Waals surface area contributed by atoms with Gasteiger partial charge in [-0.05, 0) is 50.3 Å². The summed E-state index contributed by atoms with van der Waals surface area (Å²) in [5.41, 5.74) is -0.0588. The molecule has 1 aromatic rings. The van der Waals surface area contributed by atoms with E-state index in [1.165, 1.54) is 6.42 Å². The molecule has 3 nitrogen and oxygen atoms in total. The molecule has 0 saturated heterocycles. The Balaban J connectivity index is 2.00. The van der Waals surface area contributed by atoms with E-state index in [1.807, 2.05) is 6.07 Å². The molecule has 2 aliphatic carbocycles. The van der Waals surface area contributed by atoms with Crippen molar-refractivity contribution in [3.05, 3.63) is 28.8 Å². The maximum absolute atomic E-state index is 12.0. The number of benzene rings is 1. The first-order valence-electron chi connectivity index (χ1n) is 7.82. The molecule has 0 amide bonds. The standard InChI is InChI=1S/C17H21ClO3/c18-12-7-8-15(21-13-5-4-6-13)14(11-12)17(16(19)20)9-2-1-3-10-17/h7-8,11,13H,1-6,9-10H2,(H,19,20). The molecule has 0 heterocycles. The van der Waals surface area contributed by atoms with Gasteiger partial charge in [-0.3, -0.25) is 4.79 Å². The Morgan fingerprint density at radius 2 is 1.90 bits per heavy atom. The molecule has 0 bridgehead atoms. The van der Waals surface area contributed by atoms with Crippen molar-refractivity contribution in [2.75, 3.05) is 0 Å². The minimum Gasteiger partial charge on any atom is -0.490 e. The van der Waals surface area contributed by atoms with Crippen molar-refractivity contribution < 1.29 is 14.6 Å². The van der Waals surface area contributed by atoms with E-state index in [9.17, 15) is 9.90 Å². The molecule has 0 unspecified atom stereocenters. The van der Waals surface area contributed by atoms with Gasteiger partial charge < -0.3 is 9.84 Å². The zero-order valence-corrected chi connectivity index (χ0v) is 12.9. The Hall–Kier alpha value is -1.22. The van der Waals surface area contributed by atoms with E-state index in [1.54, 1.807) is 12.1 Å². The van der Waals surface area contributed by atoms with Crippen molar-refractivity contribution in [1.29, 1.82) is 0 Å². The lowest BCUT2D eigenvalue weighted by molar-refractivity contribution is -0.145. The molecule has 114 valence electrons. The molecule has 3 rings (SSSR count). The molecule has 0 aromatic heterocycles.